The first-order valence-corrected chi connectivity index (χ1v) is 5.29. The summed E-state index contributed by atoms with van der Waals surface area (Å²) in [6.45, 7) is 1.77. The molecule has 2 heterocycles. The molecule has 0 spiro atoms. The van der Waals surface area contributed by atoms with E-state index in [1.54, 1.807) is 10.6 Å². The lowest BCUT2D eigenvalue weighted by atomic mass is 10.2. The molecule has 1 aliphatic heterocycles. The largest absolute Gasteiger partial charge is 0.480 e. The van der Waals surface area contributed by atoms with Crippen LogP contribution in [0, 0.1) is 0 Å². The quantitative estimate of drug-likeness (QED) is 0.795. The Morgan fingerprint density at radius 2 is 2.38 bits per heavy atom. The van der Waals surface area contributed by atoms with Crippen molar-refractivity contribution in [2.75, 3.05) is 11.9 Å². The van der Waals surface area contributed by atoms with Gasteiger partial charge < -0.3 is 15.0 Å². The van der Waals surface area contributed by atoms with Gasteiger partial charge in [0.25, 0.3) is 5.56 Å². The van der Waals surface area contributed by atoms with Crippen molar-refractivity contribution in [3.8, 4) is 0 Å². The molecule has 0 amide bonds. The summed E-state index contributed by atoms with van der Waals surface area (Å²) in [4.78, 5) is 22.4. The Labute approximate surface area is 92.7 Å². The van der Waals surface area contributed by atoms with Gasteiger partial charge in [0.15, 0.2) is 0 Å². The van der Waals surface area contributed by atoms with Gasteiger partial charge in [-0.05, 0) is 31.9 Å². The molecule has 2 rings (SSSR count). The van der Waals surface area contributed by atoms with E-state index < -0.39 is 5.97 Å². The van der Waals surface area contributed by atoms with E-state index >= 15 is 0 Å². The molecule has 1 aromatic heterocycles. The summed E-state index contributed by atoms with van der Waals surface area (Å²) >= 11 is 0. The van der Waals surface area contributed by atoms with Crippen LogP contribution >= 0.6 is 0 Å². The number of carbonyl (C=O) groups is 1. The van der Waals surface area contributed by atoms with Crippen LogP contribution in [0.1, 0.15) is 25.1 Å². The molecular weight excluding hydrogens is 208 g/mol. The first-order chi connectivity index (χ1) is 7.59. The molecule has 2 N–H and O–H groups in total. The number of aromatic nitrogens is 1. The van der Waals surface area contributed by atoms with Gasteiger partial charge in [-0.2, -0.15) is 0 Å². The number of hydrogen-bond acceptors (Lipinski definition) is 3. The van der Waals surface area contributed by atoms with Gasteiger partial charge in [-0.3, -0.25) is 9.59 Å². The molecule has 5 nitrogen and oxygen atoms in total. The maximum atomic E-state index is 12.0. The molecule has 16 heavy (non-hydrogen) atoms. The second kappa shape index (κ2) is 4.00. The molecule has 0 aliphatic carbocycles. The Bertz CT molecular complexity index is 479. The van der Waals surface area contributed by atoms with Crippen molar-refractivity contribution in [2.24, 2.45) is 0 Å². The third-order valence-corrected chi connectivity index (χ3v) is 2.89. The monoisotopic (exact) mass is 222 g/mol. The summed E-state index contributed by atoms with van der Waals surface area (Å²) in [5.74, 6) is -0.974. The highest BCUT2D eigenvalue weighted by molar-refractivity contribution is 5.72. The minimum atomic E-state index is -0.974. The van der Waals surface area contributed by atoms with Crippen LogP contribution in [0.3, 0.4) is 0 Å². The van der Waals surface area contributed by atoms with Crippen LogP contribution < -0.4 is 10.9 Å². The molecule has 0 radical (unpaired) electrons. The van der Waals surface area contributed by atoms with Gasteiger partial charge in [-0.1, -0.05) is 0 Å². The Kier molecular flexibility index (Phi) is 2.68. The van der Waals surface area contributed by atoms with Gasteiger partial charge in [-0.25, -0.2) is 0 Å². The van der Waals surface area contributed by atoms with Gasteiger partial charge in [0.2, 0.25) is 0 Å². The molecule has 0 aromatic carbocycles. The first kappa shape index (κ1) is 10.7. The normalized spacial score (nSPS) is 18.2. The van der Waals surface area contributed by atoms with Crippen LogP contribution in [0.4, 0.5) is 5.69 Å². The lowest BCUT2D eigenvalue weighted by Crippen LogP contribution is -2.26. The number of carboxylic acid groups (broad SMARTS) is 1. The summed E-state index contributed by atoms with van der Waals surface area (Å²) in [6.07, 6.45) is 1.88. The lowest BCUT2D eigenvalue weighted by Gasteiger charge is -2.11. The van der Waals surface area contributed by atoms with E-state index in [1.807, 2.05) is 13.0 Å². The van der Waals surface area contributed by atoms with Crippen LogP contribution in [-0.2, 0) is 11.2 Å². The zero-order valence-electron chi connectivity index (χ0n) is 9.06. The Morgan fingerprint density at radius 3 is 3.06 bits per heavy atom. The van der Waals surface area contributed by atoms with Crippen LogP contribution in [-0.4, -0.2) is 22.2 Å². The molecule has 86 valence electrons. The number of anilines is 1. The summed E-state index contributed by atoms with van der Waals surface area (Å²) < 4.78 is 1.74. The number of carboxylic acids is 1. The molecule has 5 heteroatoms. The summed E-state index contributed by atoms with van der Waals surface area (Å²) in [5, 5.41) is 11.2. The molecule has 1 unspecified atom stereocenters. The molecule has 0 saturated carbocycles. The number of pyridine rings is 1. The minimum absolute atomic E-state index is 0.122. The smallest absolute Gasteiger partial charge is 0.322 e. The Morgan fingerprint density at radius 1 is 1.62 bits per heavy atom. The predicted octanol–water partition coefficient (Wildman–Crippen LogP) is 0.852. The predicted molar refractivity (Wildman–Crippen MR) is 59.9 cm³/mol. The Hall–Kier alpha value is -1.78. The highest BCUT2D eigenvalue weighted by Gasteiger charge is 2.20. The van der Waals surface area contributed by atoms with E-state index in [2.05, 4.69) is 5.32 Å². The topological polar surface area (TPSA) is 71.3 Å². The van der Waals surface area contributed by atoms with E-state index in [9.17, 15) is 9.59 Å². The molecule has 0 bridgehead atoms. The first-order valence-electron chi connectivity index (χ1n) is 5.29. The number of aryl methyl sites for hydroxylation is 1. The van der Waals surface area contributed by atoms with Crippen molar-refractivity contribution in [3.63, 3.8) is 0 Å². The van der Waals surface area contributed by atoms with Crippen LogP contribution in [0.5, 0.6) is 0 Å². The lowest BCUT2D eigenvalue weighted by molar-refractivity contribution is -0.134. The number of aliphatic carboxylic acids is 1. The van der Waals surface area contributed by atoms with Gasteiger partial charge in [-0.15, -0.1) is 0 Å². The van der Waals surface area contributed by atoms with Crippen molar-refractivity contribution < 1.29 is 9.90 Å². The summed E-state index contributed by atoms with van der Waals surface area (Å²) in [7, 11) is 0. The molecule has 1 aromatic rings. The third-order valence-electron chi connectivity index (χ3n) is 2.89. The summed E-state index contributed by atoms with van der Waals surface area (Å²) in [5.41, 5.74) is 1.27. The number of nitrogens with one attached hydrogen (secondary N) is 1. The fourth-order valence-electron chi connectivity index (χ4n) is 2.07. The van der Waals surface area contributed by atoms with E-state index in [-0.39, 0.29) is 18.1 Å². The second-order valence-corrected chi connectivity index (χ2v) is 4.05. The molecule has 1 aliphatic rings. The van der Waals surface area contributed by atoms with Crippen LogP contribution in [0.25, 0.3) is 0 Å². The van der Waals surface area contributed by atoms with Gasteiger partial charge in [0.05, 0.1) is 0 Å². The van der Waals surface area contributed by atoms with E-state index in [0.717, 1.165) is 18.5 Å². The van der Waals surface area contributed by atoms with Crippen LogP contribution in [0.15, 0.2) is 16.9 Å². The zero-order chi connectivity index (χ0) is 11.7. The van der Waals surface area contributed by atoms with E-state index in [4.69, 9.17) is 5.11 Å². The maximum absolute atomic E-state index is 12.0. The van der Waals surface area contributed by atoms with Crippen molar-refractivity contribution in [1.29, 1.82) is 0 Å². The number of hydrogen-bond donors (Lipinski definition) is 2. The van der Waals surface area contributed by atoms with Crippen molar-refractivity contribution in [1.82, 2.24) is 4.57 Å². The maximum Gasteiger partial charge on any atom is 0.322 e. The van der Waals surface area contributed by atoms with Crippen molar-refractivity contribution in [2.45, 2.75) is 25.8 Å². The standard InChI is InChI=1S/C11H14N2O3/c1-7-2-3-8-4-5-9(11(16)13(7)8)12-6-10(14)15/h4-5,7,12H,2-3,6H2,1H3,(H,14,15). The number of nitrogens with zero attached hydrogens (tertiary/aromatic N) is 1. The number of rotatable bonds is 3. The third kappa shape index (κ3) is 1.80. The fourth-order valence-corrected chi connectivity index (χ4v) is 2.07. The zero-order valence-corrected chi connectivity index (χ0v) is 9.06. The molecule has 1 atom stereocenters. The second-order valence-electron chi connectivity index (χ2n) is 4.05. The average molecular weight is 222 g/mol. The highest BCUT2D eigenvalue weighted by Crippen LogP contribution is 2.23. The van der Waals surface area contributed by atoms with Crippen LogP contribution in [0.2, 0.25) is 0 Å². The summed E-state index contributed by atoms with van der Waals surface area (Å²) in [6, 6.07) is 3.75. The van der Waals surface area contributed by atoms with E-state index in [1.165, 1.54) is 0 Å². The molecule has 0 fully saturated rings. The van der Waals surface area contributed by atoms with E-state index in [0.29, 0.717) is 5.69 Å². The minimum Gasteiger partial charge on any atom is -0.480 e. The van der Waals surface area contributed by atoms with Gasteiger partial charge in [0, 0.05) is 11.7 Å². The van der Waals surface area contributed by atoms with Crippen molar-refractivity contribution in [3.05, 3.63) is 28.2 Å². The van der Waals surface area contributed by atoms with Gasteiger partial charge in [0.1, 0.15) is 12.2 Å². The van der Waals surface area contributed by atoms with Gasteiger partial charge >= 0.3 is 5.97 Å². The SMILES string of the molecule is CC1CCc2ccc(NCC(=O)O)c(=O)n21. The average Bonchev–Trinajstić information content (AvgIpc) is 2.60. The number of fused-ring (bicyclic) bond motifs is 1. The fraction of sp³-hybridized carbons (Fsp3) is 0.455. The highest BCUT2D eigenvalue weighted by atomic mass is 16.4. The Balaban J connectivity index is 2.32. The van der Waals surface area contributed by atoms with Crippen molar-refractivity contribution >= 4 is 11.7 Å². The molecular formula is C11H14N2O3. The molecule has 0 saturated heterocycles.